The van der Waals surface area contributed by atoms with E-state index >= 15 is 0 Å². The van der Waals surface area contributed by atoms with Gasteiger partial charge in [-0.2, -0.15) is 10.2 Å². The van der Waals surface area contributed by atoms with Crippen molar-refractivity contribution in [2.75, 3.05) is 5.73 Å². The summed E-state index contributed by atoms with van der Waals surface area (Å²) in [4.78, 5) is 16.9. The Kier molecular flexibility index (Phi) is 4.02. The van der Waals surface area contributed by atoms with Gasteiger partial charge in [-0.05, 0) is 39.0 Å². The SMILES string of the molecule is CC(C)NC(=O)C(C)n1cc2c(N)nc3cc(-c4ccn[nH]4)ccc3c2n1. The van der Waals surface area contributed by atoms with Gasteiger partial charge < -0.3 is 11.1 Å². The van der Waals surface area contributed by atoms with Gasteiger partial charge >= 0.3 is 0 Å². The molecule has 0 radical (unpaired) electrons. The highest BCUT2D eigenvalue weighted by atomic mass is 16.2. The number of aromatic nitrogens is 5. The molecule has 3 heterocycles. The van der Waals surface area contributed by atoms with Crippen LogP contribution in [0.1, 0.15) is 26.8 Å². The van der Waals surface area contributed by atoms with Crippen molar-refractivity contribution in [2.24, 2.45) is 0 Å². The molecule has 8 nitrogen and oxygen atoms in total. The van der Waals surface area contributed by atoms with E-state index in [4.69, 9.17) is 5.73 Å². The number of nitrogens with two attached hydrogens (primary N) is 1. The highest BCUT2D eigenvalue weighted by Crippen LogP contribution is 2.30. The second kappa shape index (κ2) is 6.39. The smallest absolute Gasteiger partial charge is 0.244 e. The number of benzene rings is 1. The summed E-state index contributed by atoms with van der Waals surface area (Å²) in [5.41, 5.74) is 9.53. The Hall–Kier alpha value is -3.42. The van der Waals surface area contributed by atoms with E-state index in [2.05, 4.69) is 25.6 Å². The van der Waals surface area contributed by atoms with Crippen LogP contribution < -0.4 is 11.1 Å². The van der Waals surface area contributed by atoms with E-state index < -0.39 is 6.04 Å². The number of carbonyl (C=O) groups excluding carboxylic acids is 1. The second-order valence-corrected chi connectivity index (χ2v) is 6.91. The minimum atomic E-state index is -0.446. The summed E-state index contributed by atoms with van der Waals surface area (Å²) in [5, 5.41) is 16.1. The number of hydrogen-bond donors (Lipinski definition) is 3. The van der Waals surface area contributed by atoms with Crippen LogP contribution in [0.3, 0.4) is 0 Å². The van der Waals surface area contributed by atoms with Crippen LogP contribution in [0.4, 0.5) is 5.82 Å². The Labute approximate surface area is 155 Å². The fourth-order valence-electron chi connectivity index (χ4n) is 3.10. The van der Waals surface area contributed by atoms with Crippen molar-refractivity contribution in [3.63, 3.8) is 0 Å². The third-order valence-corrected chi connectivity index (χ3v) is 4.52. The summed E-state index contributed by atoms with van der Waals surface area (Å²) in [6.07, 6.45) is 3.49. The molecule has 4 rings (SSSR count). The van der Waals surface area contributed by atoms with Crippen LogP contribution in [-0.4, -0.2) is 36.9 Å². The van der Waals surface area contributed by atoms with E-state index in [1.807, 2.05) is 45.0 Å². The number of aromatic amines is 1. The normalized spacial score (nSPS) is 12.7. The van der Waals surface area contributed by atoms with Gasteiger partial charge in [0.05, 0.1) is 16.6 Å². The van der Waals surface area contributed by atoms with Crippen LogP contribution in [-0.2, 0) is 4.79 Å². The molecule has 0 aliphatic heterocycles. The number of nitrogens with one attached hydrogen (secondary N) is 2. The van der Waals surface area contributed by atoms with Crippen molar-refractivity contribution < 1.29 is 4.79 Å². The van der Waals surface area contributed by atoms with Gasteiger partial charge in [0.2, 0.25) is 5.91 Å². The van der Waals surface area contributed by atoms with Gasteiger partial charge in [-0.3, -0.25) is 14.6 Å². The third-order valence-electron chi connectivity index (χ3n) is 4.52. The van der Waals surface area contributed by atoms with Crippen LogP contribution in [0.2, 0.25) is 0 Å². The van der Waals surface area contributed by atoms with Gasteiger partial charge in [0.25, 0.3) is 0 Å². The summed E-state index contributed by atoms with van der Waals surface area (Å²) < 4.78 is 1.64. The van der Waals surface area contributed by atoms with Crippen molar-refractivity contribution in [3.05, 3.63) is 36.7 Å². The highest BCUT2D eigenvalue weighted by molar-refractivity contribution is 6.08. The number of nitrogen functional groups attached to an aromatic ring is 1. The monoisotopic (exact) mass is 363 g/mol. The predicted octanol–water partition coefficient (Wildman–Crippen LogP) is 2.64. The number of amides is 1. The minimum Gasteiger partial charge on any atom is -0.383 e. The number of anilines is 1. The van der Waals surface area contributed by atoms with Crippen molar-refractivity contribution in [2.45, 2.75) is 32.9 Å². The Morgan fingerprint density at radius 3 is 2.74 bits per heavy atom. The molecule has 1 unspecified atom stereocenters. The van der Waals surface area contributed by atoms with E-state index in [1.54, 1.807) is 17.1 Å². The molecule has 0 bridgehead atoms. The maximum Gasteiger partial charge on any atom is 0.244 e. The Balaban J connectivity index is 1.82. The molecule has 4 N–H and O–H groups in total. The van der Waals surface area contributed by atoms with E-state index in [0.717, 1.165) is 33.1 Å². The van der Waals surface area contributed by atoms with Crippen molar-refractivity contribution >= 4 is 33.5 Å². The zero-order valence-electron chi connectivity index (χ0n) is 15.4. The van der Waals surface area contributed by atoms with Gasteiger partial charge in [-0.1, -0.05) is 6.07 Å². The lowest BCUT2D eigenvalue weighted by molar-refractivity contribution is -0.124. The Morgan fingerprint density at radius 1 is 1.22 bits per heavy atom. The first-order valence-electron chi connectivity index (χ1n) is 8.82. The Bertz CT molecular complexity index is 1130. The first kappa shape index (κ1) is 17.0. The maximum atomic E-state index is 12.3. The molecule has 0 spiro atoms. The second-order valence-electron chi connectivity index (χ2n) is 6.91. The van der Waals surface area contributed by atoms with Crippen LogP contribution >= 0.6 is 0 Å². The van der Waals surface area contributed by atoms with Crippen LogP contribution in [0, 0.1) is 0 Å². The lowest BCUT2D eigenvalue weighted by Crippen LogP contribution is -2.35. The highest BCUT2D eigenvalue weighted by Gasteiger charge is 2.19. The van der Waals surface area contributed by atoms with Gasteiger partial charge in [0.15, 0.2) is 0 Å². The summed E-state index contributed by atoms with van der Waals surface area (Å²) >= 11 is 0. The first-order chi connectivity index (χ1) is 12.9. The molecule has 0 fully saturated rings. The van der Waals surface area contributed by atoms with Gasteiger partial charge in [0, 0.05) is 29.4 Å². The zero-order chi connectivity index (χ0) is 19.1. The average molecular weight is 363 g/mol. The number of fused-ring (bicyclic) bond motifs is 3. The molecule has 3 aromatic heterocycles. The molecule has 0 saturated heterocycles. The average Bonchev–Trinajstić information content (AvgIpc) is 3.30. The number of nitrogens with zero attached hydrogens (tertiary/aromatic N) is 4. The molecule has 4 aromatic rings. The Morgan fingerprint density at radius 2 is 2.04 bits per heavy atom. The third kappa shape index (κ3) is 2.99. The molecule has 1 amide bonds. The number of hydrogen-bond acceptors (Lipinski definition) is 5. The summed E-state index contributed by atoms with van der Waals surface area (Å²) in [5.74, 6) is 0.303. The molecule has 1 atom stereocenters. The number of rotatable bonds is 4. The molecular formula is C19H21N7O. The molecule has 0 aliphatic rings. The molecule has 138 valence electrons. The quantitative estimate of drug-likeness (QED) is 0.516. The summed E-state index contributed by atoms with van der Waals surface area (Å²) in [6.45, 7) is 5.67. The van der Waals surface area contributed by atoms with Crippen molar-refractivity contribution in [1.29, 1.82) is 0 Å². The topological polar surface area (TPSA) is 115 Å². The maximum absolute atomic E-state index is 12.3. The van der Waals surface area contributed by atoms with Crippen molar-refractivity contribution in [3.8, 4) is 11.3 Å². The molecule has 1 aromatic carbocycles. The number of carbonyl (C=O) groups is 1. The molecule has 27 heavy (non-hydrogen) atoms. The van der Waals surface area contributed by atoms with Crippen molar-refractivity contribution in [1.82, 2.24) is 30.3 Å². The molecule has 0 aliphatic carbocycles. The lowest BCUT2D eigenvalue weighted by atomic mass is 10.1. The zero-order valence-corrected chi connectivity index (χ0v) is 15.4. The number of pyridine rings is 1. The van der Waals surface area contributed by atoms with Gasteiger partial charge in [-0.25, -0.2) is 4.98 Å². The first-order valence-corrected chi connectivity index (χ1v) is 8.82. The van der Waals surface area contributed by atoms with Crippen LogP contribution in [0.15, 0.2) is 36.7 Å². The molecule has 8 heteroatoms. The van der Waals surface area contributed by atoms with E-state index in [0.29, 0.717) is 5.82 Å². The summed E-state index contributed by atoms with van der Waals surface area (Å²) in [6, 6.07) is 7.42. The molecule has 0 saturated carbocycles. The fourth-order valence-corrected chi connectivity index (χ4v) is 3.10. The van der Waals surface area contributed by atoms with Gasteiger partial charge in [0.1, 0.15) is 17.4 Å². The van der Waals surface area contributed by atoms with Gasteiger partial charge in [-0.15, -0.1) is 0 Å². The van der Waals surface area contributed by atoms with E-state index in [1.165, 1.54) is 0 Å². The lowest BCUT2D eigenvalue weighted by Gasteiger charge is -2.14. The van der Waals surface area contributed by atoms with Crippen LogP contribution in [0.25, 0.3) is 33.1 Å². The minimum absolute atomic E-state index is 0.0680. The van der Waals surface area contributed by atoms with E-state index in [-0.39, 0.29) is 11.9 Å². The summed E-state index contributed by atoms with van der Waals surface area (Å²) in [7, 11) is 0. The molecular weight excluding hydrogens is 342 g/mol. The van der Waals surface area contributed by atoms with Crippen LogP contribution in [0.5, 0.6) is 0 Å². The standard InChI is InChI=1S/C19H21N7O/c1-10(2)22-19(27)11(3)26-9-14-17(25-26)13-5-4-12(15-6-7-21-24-15)8-16(13)23-18(14)20/h4-11H,1-3H3,(H2,20,23)(H,21,24)(H,22,27). The van der Waals surface area contributed by atoms with E-state index in [9.17, 15) is 4.79 Å². The largest absolute Gasteiger partial charge is 0.383 e. The predicted molar refractivity (Wildman–Crippen MR) is 105 cm³/mol. The number of H-pyrrole nitrogens is 1. The fraction of sp³-hybridized carbons (Fsp3) is 0.263.